The Morgan fingerprint density at radius 2 is 1.86 bits per heavy atom. The van der Waals surface area contributed by atoms with Crippen molar-refractivity contribution in [3.05, 3.63) is 55.2 Å². The van der Waals surface area contributed by atoms with Crippen LogP contribution in [0.3, 0.4) is 0 Å². The molecule has 5 heteroatoms. The second kappa shape index (κ2) is 6.49. The molecule has 1 aromatic carbocycles. The molecule has 2 aromatic heterocycles. The van der Waals surface area contributed by atoms with Crippen LogP contribution < -0.4 is 0 Å². The first-order chi connectivity index (χ1) is 10.8. The molecule has 0 bridgehead atoms. The Bertz CT molecular complexity index is 739. The molecule has 0 radical (unpaired) electrons. The molecule has 3 rings (SSSR count). The van der Waals surface area contributed by atoms with E-state index >= 15 is 0 Å². The van der Waals surface area contributed by atoms with Crippen molar-refractivity contribution in [2.24, 2.45) is 0 Å². The van der Waals surface area contributed by atoms with Gasteiger partial charge in [-0.1, -0.05) is 25.1 Å². The van der Waals surface area contributed by atoms with Gasteiger partial charge < -0.3 is 5.11 Å². The molecule has 1 atom stereocenters. The summed E-state index contributed by atoms with van der Waals surface area (Å²) >= 11 is 0. The van der Waals surface area contributed by atoms with E-state index in [2.05, 4.69) is 21.1 Å². The van der Waals surface area contributed by atoms with Gasteiger partial charge in [-0.25, -0.2) is 9.97 Å². The summed E-state index contributed by atoms with van der Waals surface area (Å²) in [6, 6.07) is 10.1. The van der Waals surface area contributed by atoms with Crippen molar-refractivity contribution in [3.8, 4) is 22.4 Å². The van der Waals surface area contributed by atoms with E-state index in [1.807, 2.05) is 37.4 Å². The quantitative estimate of drug-likeness (QED) is 0.786. The van der Waals surface area contributed by atoms with Crippen LogP contribution in [0.25, 0.3) is 22.4 Å². The lowest BCUT2D eigenvalue weighted by Crippen LogP contribution is -2.14. The summed E-state index contributed by atoms with van der Waals surface area (Å²) in [6.07, 6.45) is 7.37. The fourth-order valence-corrected chi connectivity index (χ4v) is 2.27. The minimum Gasteiger partial charge on any atom is -0.391 e. The first-order valence-corrected chi connectivity index (χ1v) is 7.33. The summed E-state index contributed by atoms with van der Waals surface area (Å²) in [6.45, 7) is 2.48. The van der Waals surface area contributed by atoms with E-state index in [0.29, 0.717) is 6.54 Å². The molecule has 22 heavy (non-hydrogen) atoms. The van der Waals surface area contributed by atoms with E-state index in [-0.39, 0.29) is 6.10 Å². The minimum atomic E-state index is -0.361. The summed E-state index contributed by atoms with van der Waals surface area (Å²) < 4.78 is 1.78. The van der Waals surface area contributed by atoms with E-state index < -0.39 is 0 Å². The van der Waals surface area contributed by atoms with Crippen molar-refractivity contribution in [1.82, 2.24) is 19.7 Å². The fourth-order valence-electron chi connectivity index (χ4n) is 2.27. The summed E-state index contributed by atoms with van der Waals surface area (Å²) in [5, 5.41) is 14.2. The van der Waals surface area contributed by atoms with Crippen LogP contribution in [0.2, 0.25) is 0 Å². The molecule has 0 aliphatic heterocycles. The molecule has 0 saturated carbocycles. The molecule has 0 aliphatic carbocycles. The fraction of sp³-hybridized carbons (Fsp3) is 0.235. The van der Waals surface area contributed by atoms with E-state index in [1.165, 1.54) is 6.33 Å². The number of rotatable bonds is 5. The number of aromatic nitrogens is 4. The number of nitrogens with zero attached hydrogens (tertiary/aromatic N) is 4. The van der Waals surface area contributed by atoms with Crippen LogP contribution in [0, 0.1) is 0 Å². The minimum absolute atomic E-state index is 0.361. The zero-order valence-corrected chi connectivity index (χ0v) is 12.4. The number of aliphatic hydroxyl groups is 1. The van der Waals surface area contributed by atoms with Crippen LogP contribution in [0.4, 0.5) is 0 Å². The van der Waals surface area contributed by atoms with Crippen molar-refractivity contribution < 1.29 is 5.11 Å². The average Bonchev–Trinajstić information content (AvgIpc) is 3.04. The highest BCUT2D eigenvalue weighted by Gasteiger charge is 2.07. The number of benzene rings is 1. The van der Waals surface area contributed by atoms with E-state index in [0.717, 1.165) is 28.8 Å². The second-order valence-corrected chi connectivity index (χ2v) is 5.19. The molecule has 3 aromatic rings. The second-order valence-electron chi connectivity index (χ2n) is 5.19. The van der Waals surface area contributed by atoms with Crippen LogP contribution in [0.5, 0.6) is 0 Å². The zero-order chi connectivity index (χ0) is 15.4. The van der Waals surface area contributed by atoms with Crippen LogP contribution in [-0.4, -0.2) is 31.0 Å². The number of hydrogen-bond donors (Lipinski definition) is 1. The molecule has 0 amide bonds. The zero-order valence-electron chi connectivity index (χ0n) is 12.4. The third-order valence-corrected chi connectivity index (χ3v) is 3.56. The highest BCUT2D eigenvalue weighted by atomic mass is 16.3. The highest BCUT2D eigenvalue weighted by Crippen LogP contribution is 2.24. The molecule has 0 aliphatic rings. The Hall–Kier alpha value is -2.53. The summed E-state index contributed by atoms with van der Waals surface area (Å²) in [5.41, 5.74) is 3.96. The Labute approximate surface area is 129 Å². The molecule has 0 unspecified atom stereocenters. The summed E-state index contributed by atoms with van der Waals surface area (Å²) in [5.74, 6) is 0. The van der Waals surface area contributed by atoms with Crippen LogP contribution in [-0.2, 0) is 6.54 Å². The maximum Gasteiger partial charge on any atom is 0.115 e. The largest absolute Gasteiger partial charge is 0.391 e. The first-order valence-electron chi connectivity index (χ1n) is 7.33. The van der Waals surface area contributed by atoms with Gasteiger partial charge in [-0.2, -0.15) is 5.10 Å². The summed E-state index contributed by atoms with van der Waals surface area (Å²) in [7, 11) is 0. The molecule has 0 spiro atoms. The van der Waals surface area contributed by atoms with Gasteiger partial charge in [0.1, 0.15) is 6.33 Å². The molecule has 112 valence electrons. The van der Waals surface area contributed by atoms with Crippen molar-refractivity contribution in [2.45, 2.75) is 26.0 Å². The predicted molar refractivity (Wildman–Crippen MR) is 85.0 cm³/mol. The number of hydrogen-bond acceptors (Lipinski definition) is 4. The van der Waals surface area contributed by atoms with Gasteiger partial charge in [0, 0.05) is 29.7 Å². The van der Waals surface area contributed by atoms with Crippen molar-refractivity contribution in [3.63, 3.8) is 0 Å². The first kappa shape index (κ1) is 14.4. The molecular weight excluding hydrogens is 276 g/mol. The lowest BCUT2D eigenvalue weighted by atomic mass is 10.0. The molecule has 0 saturated heterocycles. The topological polar surface area (TPSA) is 63.8 Å². The number of aliphatic hydroxyl groups excluding tert-OH is 1. The maximum absolute atomic E-state index is 9.71. The third kappa shape index (κ3) is 3.20. The normalized spacial score (nSPS) is 12.3. The molecule has 1 N–H and O–H groups in total. The Balaban J connectivity index is 1.87. The Kier molecular flexibility index (Phi) is 4.25. The van der Waals surface area contributed by atoms with E-state index in [1.54, 1.807) is 17.1 Å². The Morgan fingerprint density at radius 3 is 2.64 bits per heavy atom. The highest BCUT2D eigenvalue weighted by molar-refractivity contribution is 5.70. The average molecular weight is 294 g/mol. The van der Waals surface area contributed by atoms with Crippen molar-refractivity contribution >= 4 is 0 Å². The van der Waals surface area contributed by atoms with Crippen LogP contribution >= 0.6 is 0 Å². The van der Waals surface area contributed by atoms with Gasteiger partial charge in [-0.15, -0.1) is 0 Å². The lowest BCUT2D eigenvalue weighted by molar-refractivity contribution is 0.145. The smallest absolute Gasteiger partial charge is 0.115 e. The molecule has 5 nitrogen and oxygen atoms in total. The molecule has 2 heterocycles. The van der Waals surface area contributed by atoms with Crippen LogP contribution in [0.1, 0.15) is 13.3 Å². The SMILES string of the molecule is CC[C@H](O)Cn1ccc(-c2cccc(-c3cncnc3)c2)n1. The predicted octanol–water partition coefficient (Wildman–Crippen LogP) is 2.78. The van der Waals surface area contributed by atoms with Gasteiger partial charge in [0.2, 0.25) is 0 Å². The van der Waals surface area contributed by atoms with Gasteiger partial charge in [0.25, 0.3) is 0 Å². The molecular formula is C17H18N4O. The van der Waals surface area contributed by atoms with Crippen molar-refractivity contribution in [1.29, 1.82) is 0 Å². The van der Waals surface area contributed by atoms with Gasteiger partial charge in [0.15, 0.2) is 0 Å². The van der Waals surface area contributed by atoms with Gasteiger partial charge in [0.05, 0.1) is 18.3 Å². The van der Waals surface area contributed by atoms with Gasteiger partial charge in [-0.3, -0.25) is 4.68 Å². The summed E-state index contributed by atoms with van der Waals surface area (Å²) in [4.78, 5) is 8.10. The van der Waals surface area contributed by atoms with E-state index in [9.17, 15) is 5.11 Å². The van der Waals surface area contributed by atoms with Crippen LogP contribution in [0.15, 0.2) is 55.2 Å². The standard InChI is InChI=1S/C17H18N4O/c1-2-16(22)11-21-7-6-17(20-21)14-5-3-4-13(8-14)15-9-18-12-19-10-15/h3-10,12,16,22H,2,11H2,1H3/t16-/m0/s1. The van der Waals surface area contributed by atoms with Crippen molar-refractivity contribution in [2.75, 3.05) is 0 Å². The van der Waals surface area contributed by atoms with Gasteiger partial charge >= 0.3 is 0 Å². The monoisotopic (exact) mass is 294 g/mol. The Morgan fingerprint density at radius 1 is 1.09 bits per heavy atom. The maximum atomic E-state index is 9.71. The lowest BCUT2D eigenvalue weighted by Gasteiger charge is -2.07. The third-order valence-electron chi connectivity index (χ3n) is 3.56. The molecule has 0 fully saturated rings. The van der Waals surface area contributed by atoms with E-state index in [4.69, 9.17) is 0 Å². The van der Waals surface area contributed by atoms with Gasteiger partial charge in [-0.05, 0) is 24.1 Å².